The number of hydrogen-bond donors (Lipinski definition) is 2. The van der Waals surface area contributed by atoms with Crippen molar-refractivity contribution in [3.63, 3.8) is 0 Å². The van der Waals surface area contributed by atoms with Gasteiger partial charge in [-0.15, -0.1) is 0 Å². The quantitative estimate of drug-likeness (QED) is 0.255. The van der Waals surface area contributed by atoms with Gasteiger partial charge >= 0.3 is 0 Å². The second kappa shape index (κ2) is 10.3. The number of halogens is 1. The molecular weight excluding hydrogens is 572 g/mol. The Kier molecular flexibility index (Phi) is 6.92. The molecule has 8 nitrogen and oxygen atoms in total. The van der Waals surface area contributed by atoms with E-state index in [-0.39, 0.29) is 22.2 Å². The van der Waals surface area contributed by atoms with Gasteiger partial charge in [0.25, 0.3) is 5.91 Å². The second-order valence-electron chi connectivity index (χ2n) is 8.33. The van der Waals surface area contributed by atoms with Crippen molar-refractivity contribution < 1.29 is 29.3 Å². The number of aliphatic hydroxyl groups excluding tert-OH is 1. The Morgan fingerprint density at radius 2 is 1.84 bits per heavy atom. The van der Waals surface area contributed by atoms with Crippen LogP contribution < -0.4 is 14.4 Å². The van der Waals surface area contributed by atoms with Crippen LogP contribution in [-0.2, 0) is 9.59 Å². The molecule has 5 rings (SSSR count). The van der Waals surface area contributed by atoms with Crippen molar-refractivity contribution >= 4 is 60.4 Å². The third kappa shape index (κ3) is 4.52. The summed E-state index contributed by atoms with van der Waals surface area (Å²) in [6, 6.07) is 16.6. The van der Waals surface area contributed by atoms with Crippen LogP contribution in [0.15, 0.2) is 82.5 Å². The van der Waals surface area contributed by atoms with Gasteiger partial charge in [-0.3, -0.25) is 14.5 Å². The average Bonchev–Trinajstić information content (AvgIpc) is 3.46. The predicted molar refractivity (Wildman–Crippen MR) is 149 cm³/mol. The van der Waals surface area contributed by atoms with E-state index in [1.807, 2.05) is 30.3 Å². The molecule has 0 bridgehead atoms. The lowest BCUT2D eigenvalue weighted by molar-refractivity contribution is -0.117. The van der Waals surface area contributed by atoms with E-state index in [0.717, 1.165) is 10.3 Å². The SMILES string of the molecule is COc1ccc2nc(N3C(=O)C(O)=C(C(=O)C=Cc4ccccc4)C3c3cc(Br)c(O)c(OC)c3)sc2c1. The highest BCUT2D eigenvalue weighted by molar-refractivity contribution is 9.10. The molecule has 1 aliphatic rings. The van der Waals surface area contributed by atoms with Gasteiger partial charge in [0.1, 0.15) is 5.75 Å². The zero-order valence-corrected chi connectivity index (χ0v) is 22.6. The fourth-order valence-corrected chi connectivity index (χ4v) is 5.71. The summed E-state index contributed by atoms with van der Waals surface area (Å²) < 4.78 is 11.7. The molecule has 1 atom stereocenters. The van der Waals surface area contributed by atoms with Crippen LogP contribution in [0.1, 0.15) is 17.2 Å². The van der Waals surface area contributed by atoms with Crippen LogP contribution in [-0.4, -0.2) is 41.1 Å². The lowest BCUT2D eigenvalue weighted by atomic mass is 9.95. The molecule has 4 aromatic rings. The summed E-state index contributed by atoms with van der Waals surface area (Å²) in [5.41, 5.74) is 1.73. The van der Waals surface area contributed by atoms with Gasteiger partial charge < -0.3 is 19.7 Å². The van der Waals surface area contributed by atoms with Crippen molar-refractivity contribution in [1.82, 2.24) is 4.98 Å². The smallest absolute Gasteiger partial charge is 0.296 e. The lowest BCUT2D eigenvalue weighted by Gasteiger charge is -2.25. The summed E-state index contributed by atoms with van der Waals surface area (Å²) in [6.07, 6.45) is 2.94. The van der Waals surface area contributed by atoms with E-state index in [9.17, 15) is 19.8 Å². The van der Waals surface area contributed by atoms with Crippen molar-refractivity contribution in [2.75, 3.05) is 19.1 Å². The first-order valence-corrected chi connectivity index (χ1v) is 13.0. The molecule has 0 radical (unpaired) electrons. The average molecular weight is 593 g/mol. The minimum absolute atomic E-state index is 0.112. The summed E-state index contributed by atoms with van der Waals surface area (Å²) in [4.78, 5) is 32.9. The number of carbonyl (C=O) groups excluding carboxylic acids is 2. The minimum atomic E-state index is -1.04. The highest BCUT2D eigenvalue weighted by atomic mass is 79.9. The fourth-order valence-electron chi connectivity index (χ4n) is 4.23. The van der Waals surface area contributed by atoms with E-state index < -0.39 is 23.5 Å². The first kappa shape index (κ1) is 25.5. The summed E-state index contributed by atoms with van der Waals surface area (Å²) in [6.45, 7) is 0. The number of phenolic OH excluding ortho intramolecular Hbond substituents is 1. The van der Waals surface area contributed by atoms with Crippen LogP contribution in [0, 0.1) is 0 Å². The van der Waals surface area contributed by atoms with E-state index >= 15 is 0 Å². The predicted octanol–water partition coefficient (Wildman–Crippen LogP) is 5.96. The Balaban J connectivity index is 1.65. The zero-order valence-electron chi connectivity index (χ0n) is 20.2. The van der Waals surface area contributed by atoms with Gasteiger partial charge in [-0.1, -0.05) is 47.7 Å². The maximum atomic E-state index is 13.5. The standard InChI is InChI=1S/C28H21BrN2O6S/c1-36-17-9-10-19-22(14-17)38-28(30-19)31-24(16-12-18(29)25(33)21(13-16)37-2)23(26(34)27(31)35)20(32)11-8-15-6-4-3-5-7-15/h3-14,24,33-34H,1-2H3. The monoisotopic (exact) mass is 592 g/mol. The van der Waals surface area contributed by atoms with E-state index in [1.54, 1.807) is 37.5 Å². The first-order valence-electron chi connectivity index (χ1n) is 11.4. The molecule has 38 heavy (non-hydrogen) atoms. The number of aromatic nitrogens is 1. The number of rotatable bonds is 7. The largest absolute Gasteiger partial charge is 0.503 e. The number of anilines is 1. The van der Waals surface area contributed by atoms with Crippen molar-refractivity contribution in [1.29, 1.82) is 0 Å². The topological polar surface area (TPSA) is 109 Å². The van der Waals surface area contributed by atoms with E-state index in [0.29, 0.717) is 21.3 Å². The fraction of sp³-hybridized carbons (Fsp3) is 0.107. The number of aromatic hydroxyl groups is 1. The van der Waals surface area contributed by atoms with Crippen LogP contribution in [0.25, 0.3) is 16.3 Å². The van der Waals surface area contributed by atoms with Crippen molar-refractivity contribution in [3.05, 3.63) is 93.7 Å². The Morgan fingerprint density at radius 3 is 2.55 bits per heavy atom. The van der Waals surface area contributed by atoms with Crippen molar-refractivity contribution in [3.8, 4) is 17.2 Å². The number of amides is 1. The number of ketones is 1. The van der Waals surface area contributed by atoms with Crippen LogP contribution in [0.2, 0.25) is 0 Å². The molecule has 0 spiro atoms. The van der Waals surface area contributed by atoms with Gasteiger partial charge in [-0.2, -0.15) is 0 Å². The normalized spacial score (nSPS) is 15.6. The summed E-state index contributed by atoms with van der Waals surface area (Å²) in [5, 5.41) is 21.6. The molecule has 0 aliphatic carbocycles. The number of hydrogen-bond acceptors (Lipinski definition) is 8. The molecule has 2 N–H and O–H groups in total. The van der Waals surface area contributed by atoms with Crippen molar-refractivity contribution in [2.45, 2.75) is 6.04 Å². The number of allylic oxidation sites excluding steroid dienone is 1. The number of aliphatic hydroxyl groups is 1. The third-order valence-corrected chi connectivity index (χ3v) is 7.70. The molecule has 3 aromatic carbocycles. The summed E-state index contributed by atoms with van der Waals surface area (Å²) in [7, 11) is 2.95. The van der Waals surface area contributed by atoms with Crippen molar-refractivity contribution in [2.24, 2.45) is 0 Å². The van der Waals surface area contributed by atoms with Gasteiger partial charge in [-0.25, -0.2) is 4.98 Å². The van der Waals surface area contributed by atoms with Gasteiger partial charge in [-0.05, 0) is 63.5 Å². The molecule has 1 aliphatic heterocycles. The molecule has 1 aromatic heterocycles. The second-order valence-corrected chi connectivity index (χ2v) is 10.2. The molecule has 10 heteroatoms. The van der Waals surface area contributed by atoms with E-state index in [1.165, 1.54) is 35.5 Å². The molecule has 0 saturated heterocycles. The molecule has 192 valence electrons. The van der Waals surface area contributed by atoms with E-state index in [4.69, 9.17) is 9.47 Å². The Labute approximate surface area is 230 Å². The Morgan fingerprint density at radius 1 is 1.08 bits per heavy atom. The highest BCUT2D eigenvalue weighted by Crippen LogP contribution is 2.47. The number of benzene rings is 3. The van der Waals surface area contributed by atoms with E-state index in [2.05, 4.69) is 20.9 Å². The van der Waals surface area contributed by atoms with Gasteiger partial charge in [0.15, 0.2) is 28.2 Å². The number of carbonyl (C=O) groups is 2. The van der Waals surface area contributed by atoms with Crippen LogP contribution in [0.4, 0.5) is 5.13 Å². The zero-order chi connectivity index (χ0) is 27.0. The number of methoxy groups -OCH3 is 2. The first-order chi connectivity index (χ1) is 18.3. The Hall–Kier alpha value is -4.15. The maximum Gasteiger partial charge on any atom is 0.296 e. The van der Waals surface area contributed by atoms with Gasteiger partial charge in [0, 0.05) is 0 Å². The molecule has 0 fully saturated rings. The maximum absolute atomic E-state index is 13.5. The summed E-state index contributed by atoms with van der Waals surface area (Å²) >= 11 is 4.54. The number of thiazole rings is 1. The van der Waals surface area contributed by atoms with Gasteiger partial charge in [0.2, 0.25) is 0 Å². The van der Waals surface area contributed by atoms with Gasteiger partial charge in [0.05, 0.1) is 40.5 Å². The van der Waals surface area contributed by atoms with Crippen LogP contribution in [0.5, 0.6) is 17.2 Å². The molecule has 1 amide bonds. The molecule has 0 saturated carbocycles. The molecule has 1 unspecified atom stereocenters. The molecule has 2 heterocycles. The van der Waals surface area contributed by atoms with Crippen LogP contribution >= 0.6 is 27.3 Å². The molecular formula is C28H21BrN2O6S. The Bertz CT molecular complexity index is 1630. The number of ether oxygens (including phenoxy) is 2. The highest BCUT2D eigenvalue weighted by Gasteiger charge is 2.45. The minimum Gasteiger partial charge on any atom is -0.503 e. The lowest BCUT2D eigenvalue weighted by Crippen LogP contribution is -2.30. The number of phenols is 1. The number of nitrogens with zero attached hydrogens (tertiary/aromatic N) is 2. The summed E-state index contributed by atoms with van der Waals surface area (Å²) in [5.74, 6) is -1.35. The number of fused-ring (bicyclic) bond motifs is 1. The third-order valence-electron chi connectivity index (χ3n) is 6.08. The van der Waals surface area contributed by atoms with Crippen LogP contribution in [0.3, 0.4) is 0 Å².